The standard InChI is InChI=1S/C14H14NO4/c1-3-11(14(18)19-4-2)15-12(16)9-7-5-6-8-10(9)13(15)17/h5-8,11H,1,3-4H2,2H3/t11-/m0/s1. The minimum absolute atomic E-state index is 0.0876. The van der Waals surface area contributed by atoms with Gasteiger partial charge in [0.25, 0.3) is 11.8 Å². The van der Waals surface area contributed by atoms with Crippen LogP contribution in [0.15, 0.2) is 24.3 Å². The Morgan fingerprint density at radius 3 is 2.21 bits per heavy atom. The maximum absolute atomic E-state index is 12.2. The second kappa shape index (κ2) is 5.22. The summed E-state index contributed by atoms with van der Waals surface area (Å²) in [7, 11) is 0. The zero-order valence-electron chi connectivity index (χ0n) is 10.6. The van der Waals surface area contributed by atoms with Crippen LogP contribution in [0.5, 0.6) is 0 Å². The Bertz CT molecular complexity index is 503. The second-order valence-corrected chi connectivity index (χ2v) is 4.08. The second-order valence-electron chi connectivity index (χ2n) is 4.08. The van der Waals surface area contributed by atoms with Crippen molar-refractivity contribution < 1.29 is 19.1 Å². The molecule has 0 fully saturated rings. The molecule has 0 saturated carbocycles. The van der Waals surface area contributed by atoms with E-state index in [1.165, 1.54) is 0 Å². The molecule has 1 radical (unpaired) electrons. The Kier molecular flexibility index (Phi) is 3.64. The maximum Gasteiger partial charge on any atom is 0.329 e. The molecule has 0 N–H and O–H groups in total. The SMILES string of the molecule is [CH2]C[C@@H](C(=O)OCC)N1C(=O)c2ccccc2C1=O. The van der Waals surface area contributed by atoms with E-state index in [0.29, 0.717) is 11.1 Å². The molecule has 1 aromatic carbocycles. The molecular formula is C14H14NO4. The maximum atomic E-state index is 12.2. The van der Waals surface area contributed by atoms with Crippen LogP contribution in [0.1, 0.15) is 34.1 Å². The highest BCUT2D eigenvalue weighted by atomic mass is 16.5. The van der Waals surface area contributed by atoms with Gasteiger partial charge in [-0.2, -0.15) is 0 Å². The molecule has 0 saturated heterocycles. The van der Waals surface area contributed by atoms with E-state index in [4.69, 9.17) is 4.74 Å². The lowest BCUT2D eigenvalue weighted by molar-refractivity contribution is -0.147. The zero-order chi connectivity index (χ0) is 14.0. The number of hydrogen-bond donors (Lipinski definition) is 0. The van der Waals surface area contributed by atoms with Crippen LogP contribution in [-0.4, -0.2) is 35.3 Å². The molecule has 19 heavy (non-hydrogen) atoms. The van der Waals surface area contributed by atoms with Crippen LogP contribution in [0.3, 0.4) is 0 Å². The van der Waals surface area contributed by atoms with Crippen molar-refractivity contribution in [3.05, 3.63) is 42.3 Å². The van der Waals surface area contributed by atoms with Gasteiger partial charge >= 0.3 is 5.97 Å². The number of carbonyl (C=O) groups excluding carboxylic acids is 3. The molecular weight excluding hydrogens is 246 g/mol. The van der Waals surface area contributed by atoms with Gasteiger partial charge in [-0.3, -0.25) is 14.5 Å². The Hall–Kier alpha value is -2.17. The minimum atomic E-state index is -0.965. The van der Waals surface area contributed by atoms with Gasteiger partial charge < -0.3 is 4.74 Å². The van der Waals surface area contributed by atoms with Crippen LogP contribution in [-0.2, 0) is 9.53 Å². The molecule has 0 bridgehead atoms. The summed E-state index contributed by atoms with van der Waals surface area (Å²) in [6, 6.07) is 5.53. The average Bonchev–Trinajstić information content (AvgIpc) is 2.66. The Morgan fingerprint density at radius 1 is 1.26 bits per heavy atom. The van der Waals surface area contributed by atoms with Crippen LogP contribution < -0.4 is 0 Å². The Morgan fingerprint density at radius 2 is 1.79 bits per heavy atom. The molecule has 2 amide bonds. The van der Waals surface area contributed by atoms with Gasteiger partial charge in [-0.05, 0) is 25.5 Å². The van der Waals surface area contributed by atoms with Gasteiger partial charge in [0.05, 0.1) is 17.7 Å². The molecule has 1 atom stereocenters. The van der Waals surface area contributed by atoms with Gasteiger partial charge in [-0.15, -0.1) is 0 Å². The van der Waals surface area contributed by atoms with Crippen molar-refractivity contribution in [2.24, 2.45) is 0 Å². The number of nitrogens with zero attached hydrogens (tertiary/aromatic N) is 1. The lowest BCUT2D eigenvalue weighted by atomic mass is 10.1. The molecule has 0 aliphatic carbocycles. The van der Waals surface area contributed by atoms with E-state index in [1.807, 2.05) is 0 Å². The van der Waals surface area contributed by atoms with E-state index < -0.39 is 23.8 Å². The summed E-state index contributed by atoms with van der Waals surface area (Å²) >= 11 is 0. The number of carbonyl (C=O) groups is 3. The third kappa shape index (κ3) is 2.12. The molecule has 0 aromatic heterocycles. The van der Waals surface area contributed by atoms with Gasteiger partial charge in [0, 0.05) is 0 Å². The highest BCUT2D eigenvalue weighted by Crippen LogP contribution is 2.25. The highest BCUT2D eigenvalue weighted by Gasteiger charge is 2.42. The molecule has 99 valence electrons. The fourth-order valence-corrected chi connectivity index (χ4v) is 2.08. The van der Waals surface area contributed by atoms with E-state index >= 15 is 0 Å². The first-order chi connectivity index (χ1) is 9.11. The van der Waals surface area contributed by atoms with Gasteiger partial charge in [-0.25, -0.2) is 4.79 Å². The number of rotatable bonds is 4. The topological polar surface area (TPSA) is 63.7 Å². The van der Waals surface area contributed by atoms with E-state index in [0.717, 1.165) is 4.90 Å². The van der Waals surface area contributed by atoms with Gasteiger partial charge in [0.2, 0.25) is 0 Å². The van der Waals surface area contributed by atoms with Crippen molar-refractivity contribution in [1.29, 1.82) is 0 Å². The smallest absolute Gasteiger partial charge is 0.329 e. The first kappa shape index (κ1) is 13.3. The quantitative estimate of drug-likeness (QED) is 0.607. The summed E-state index contributed by atoms with van der Waals surface area (Å²) < 4.78 is 4.88. The summed E-state index contributed by atoms with van der Waals surface area (Å²) in [4.78, 5) is 37.1. The fourth-order valence-electron chi connectivity index (χ4n) is 2.08. The van der Waals surface area contributed by atoms with Crippen LogP contribution in [0.25, 0.3) is 0 Å². The number of benzene rings is 1. The van der Waals surface area contributed by atoms with Crippen molar-refractivity contribution in [2.45, 2.75) is 19.4 Å². The van der Waals surface area contributed by atoms with Crippen molar-refractivity contribution >= 4 is 17.8 Å². The summed E-state index contributed by atoms with van der Waals surface area (Å²) in [5.74, 6) is -1.54. The predicted octanol–water partition coefficient (Wildman–Crippen LogP) is 1.44. The predicted molar refractivity (Wildman–Crippen MR) is 67.3 cm³/mol. The third-order valence-corrected chi connectivity index (χ3v) is 2.97. The molecule has 1 aliphatic rings. The van der Waals surface area contributed by atoms with Gasteiger partial charge in [0.15, 0.2) is 0 Å². The van der Waals surface area contributed by atoms with Crippen molar-refractivity contribution in [2.75, 3.05) is 6.61 Å². The molecule has 1 heterocycles. The van der Waals surface area contributed by atoms with Crippen molar-refractivity contribution in [3.8, 4) is 0 Å². The lowest BCUT2D eigenvalue weighted by Crippen LogP contribution is -2.45. The molecule has 1 aromatic rings. The minimum Gasteiger partial charge on any atom is -0.464 e. The molecule has 1 aliphatic heterocycles. The van der Waals surface area contributed by atoms with Crippen LogP contribution in [0, 0.1) is 6.92 Å². The van der Waals surface area contributed by atoms with Crippen LogP contribution >= 0.6 is 0 Å². The normalized spacial score (nSPS) is 15.4. The van der Waals surface area contributed by atoms with Gasteiger partial charge in [-0.1, -0.05) is 19.1 Å². The van der Waals surface area contributed by atoms with Crippen molar-refractivity contribution in [3.63, 3.8) is 0 Å². The molecule has 5 heteroatoms. The highest BCUT2D eigenvalue weighted by molar-refractivity contribution is 6.22. The molecule has 5 nitrogen and oxygen atoms in total. The first-order valence-corrected chi connectivity index (χ1v) is 6.04. The zero-order valence-corrected chi connectivity index (χ0v) is 10.6. The number of amides is 2. The van der Waals surface area contributed by atoms with Crippen LogP contribution in [0.4, 0.5) is 0 Å². The fraction of sp³-hybridized carbons (Fsp3) is 0.286. The molecule has 2 rings (SSSR count). The monoisotopic (exact) mass is 260 g/mol. The number of imide groups is 1. The number of hydrogen-bond acceptors (Lipinski definition) is 4. The van der Waals surface area contributed by atoms with Crippen LogP contribution in [0.2, 0.25) is 0 Å². The van der Waals surface area contributed by atoms with E-state index in [9.17, 15) is 14.4 Å². The van der Waals surface area contributed by atoms with E-state index in [2.05, 4.69) is 6.92 Å². The lowest BCUT2D eigenvalue weighted by Gasteiger charge is -2.22. The average molecular weight is 260 g/mol. The van der Waals surface area contributed by atoms with Crippen molar-refractivity contribution in [1.82, 2.24) is 4.90 Å². The summed E-state index contributed by atoms with van der Waals surface area (Å²) in [6.45, 7) is 5.48. The summed E-state index contributed by atoms with van der Waals surface area (Å²) in [6.07, 6.45) is 0.0876. The molecule has 0 unspecified atom stereocenters. The number of fused-ring (bicyclic) bond motifs is 1. The summed E-state index contributed by atoms with van der Waals surface area (Å²) in [5.41, 5.74) is 0.630. The molecule has 0 spiro atoms. The Balaban J connectivity index is 2.35. The number of ether oxygens (including phenoxy) is 1. The Labute approximate surface area is 111 Å². The van der Waals surface area contributed by atoms with Gasteiger partial charge in [0.1, 0.15) is 6.04 Å². The van der Waals surface area contributed by atoms with E-state index in [-0.39, 0.29) is 13.0 Å². The first-order valence-electron chi connectivity index (χ1n) is 6.04. The summed E-state index contributed by atoms with van der Waals surface area (Å²) in [5, 5.41) is 0. The largest absolute Gasteiger partial charge is 0.464 e. The third-order valence-electron chi connectivity index (χ3n) is 2.97. The van der Waals surface area contributed by atoms with E-state index in [1.54, 1.807) is 31.2 Å². The number of esters is 1.